The molecule has 0 aromatic heterocycles. The molecule has 2 rings (SSSR count). The third-order valence-corrected chi connectivity index (χ3v) is 2.75. The zero-order valence-corrected chi connectivity index (χ0v) is 10.3. The van der Waals surface area contributed by atoms with Crippen molar-refractivity contribution < 1.29 is 13.9 Å². The molecule has 94 valence electrons. The second-order valence-corrected chi connectivity index (χ2v) is 4.23. The molecule has 18 heavy (non-hydrogen) atoms. The molecule has 0 bridgehead atoms. The molecule has 0 aliphatic carbocycles. The van der Waals surface area contributed by atoms with Crippen molar-refractivity contribution in [3.05, 3.63) is 34.6 Å². The maximum Gasteiger partial charge on any atom is 0.240 e. The zero-order valence-electron chi connectivity index (χ0n) is 9.58. The minimum Gasteiger partial charge on any atom is -0.378 e. The maximum absolute atomic E-state index is 13.4. The molecule has 0 atom stereocenters. The summed E-state index contributed by atoms with van der Waals surface area (Å²) in [6.45, 7) is 2.49. The van der Waals surface area contributed by atoms with Crippen molar-refractivity contribution >= 4 is 17.4 Å². The van der Waals surface area contributed by atoms with Gasteiger partial charge in [0.15, 0.2) is 0 Å². The van der Waals surface area contributed by atoms with Crippen LogP contribution in [0.4, 0.5) is 4.39 Å². The van der Waals surface area contributed by atoms with Gasteiger partial charge < -0.3 is 9.64 Å². The van der Waals surface area contributed by atoms with Gasteiger partial charge in [-0.3, -0.25) is 4.79 Å². The van der Waals surface area contributed by atoms with Gasteiger partial charge in [0.2, 0.25) is 5.78 Å². The summed E-state index contributed by atoms with van der Waals surface area (Å²) in [5.41, 5.74) is -0.0942. The number of ketones is 1. The summed E-state index contributed by atoms with van der Waals surface area (Å²) in [5, 5.41) is 0.313. The molecule has 0 spiro atoms. The lowest BCUT2D eigenvalue weighted by molar-refractivity contribution is 0.0637. The van der Waals surface area contributed by atoms with Crippen molar-refractivity contribution in [3.63, 3.8) is 0 Å². The molecule has 0 unspecified atom stereocenters. The summed E-state index contributed by atoms with van der Waals surface area (Å²) in [4.78, 5) is 13.5. The van der Waals surface area contributed by atoms with E-state index in [4.69, 9.17) is 16.3 Å². The predicted octanol–water partition coefficient (Wildman–Crippen LogP) is 1.95. The van der Waals surface area contributed by atoms with Crippen molar-refractivity contribution in [2.24, 2.45) is 0 Å². The molecule has 0 N–H and O–H groups in total. The lowest BCUT2D eigenvalue weighted by Crippen LogP contribution is -2.32. The second kappa shape index (κ2) is 5.85. The van der Waals surface area contributed by atoms with Gasteiger partial charge in [0, 0.05) is 30.1 Å². The number of ether oxygens (including phenoxy) is 1. The molecular formula is C13H11ClFNO2. The SMILES string of the molecule is O=C(C#CN1CCOCC1)c1cc(Cl)ccc1F. The fourth-order valence-electron chi connectivity index (χ4n) is 1.54. The highest BCUT2D eigenvalue weighted by Crippen LogP contribution is 2.15. The number of morpholine rings is 1. The minimum absolute atomic E-state index is 0.0942. The molecule has 1 aromatic carbocycles. The molecule has 0 saturated carbocycles. The molecule has 1 aliphatic heterocycles. The van der Waals surface area contributed by atoms with E-state index in [1.165, 1.54) is 12.1 Å². The number of Topliss-reactive ketones (excluding diaryl/α,β-unsaturated/α-hetero) is 1. The standard InChI is InChI=1S/C13H11ClFNO2/c14-10-1-2-12(15)11(9-10)13(17)3-4-16-5-7-18-8-6-16/h1-2,9H,5-8H2. The largest absolute Gasteiger partial charge is 0.378 e. The number of rotatable bonds is 1. The number of halogens is 2. The van der Waals surface area contributed by atoms with E-state index in [2.05, 4.69) is 12.0 Å². The summed E-state index contributed by atoms with van der Waals surface area (Å²) >= 11 is 5.72. The Labute approximate surface area is 109 Å². The van der Waals surface area contributed by atoms with Crippen molar-refractivity contribution in [2.45, 2.75) is 0 Å². The van der Waals surface area contributed by atoms with Crippen LogP contribution in [0.3, 0.4) is 0 Å². The fraction of sp³-hybridized carbons (Fsp3) is 0.308. The maximum atomic E-state index is 13.4. The smallest absolute Gasteiger partial charge is 0.240 e. The van der Waals surface area contributed by atoms with E-state index in [0.717, 1.165) is 6.07 Å². The van der Waals surface area contributed by atoms with Crippen LogP contribution in [0.25, 0.3) is 0 Å². The zero-order chi connectivity index (χ0) is 13.0. The molecule has 1 saturated heterocycles. The topological polar surface area (TPSA) is 29.5 Å². The Hall–Kier alpha value is -1.57. The first-order chi connectivity index (χ1) is 8.66. The first-order valence-electron chi connectivity index (χ1n) is 5.50. The number of carbonyl (C=O) groups is 1. The Kier molecular flexibility index (Phi) is 4.19. The van der Waals surface area contributed by atoms with E-state index in [-0.39, 0.29) is 5.56 Å². The number of benzene rings is 1. The Morgan fingerprint density at radius 2 is 2.11 bits per heavy atom. The van der Waals surface area contributed by atoms with Crippen molar-refractivity contribution in [1.82, 2.24) is 4.90 Å². The van der Waals surface area contributed by atoms with Crippen LogP contribution in [0, 0.1) is 17.8 Å². The molecule has 1 aromatic rings. The Bertz CT molecular complexity index is 515. The molecule has 1 aliphatic rings. The average Bonchev–Trinajstić information content (AvgIpc) is 2.40. The van der Waals surface area contributed by atoms with Gasteiger partial charge in [0.05, 0.1) is 18.8 Å². The molecule has 1 fully saturated rings. The average molecular weight is 268 g/mol. The van der Waals surface area contributed by atoms with Crippen LogP contribution in [-0.2, 0) is 4.74 Å². The van der Waals surface area contributed by atoms with Gasteiger partial charge >= 0.3 is 0 Å². The highest BCUT2D eigenvalue weighted by Gasteiger charge is 2.11. The fourth-order valence-corrected chi connectivity index (χ4v) is 1.72. The van der Waals surface area contributed by atoms with Gasteiger partial charge in [-0.15, -0.1) is 0 Å². The van der Waals surface area contributed by atoms with E-state index < -0.39 is 11.6 Å². The number of hydrogen-bond acceptors (Lipinski definition) is 3. The number of nitrogens with zero attached hydrogens (tertiary/aromatic N) is 1. The molecule has 3 nitrogen and oxygen atoms in total. The van der Waals surface area contributed by atoms with Crippen molar-refractivity contribution in [3.8, 4) is 12.0 Å². The van der Waals surface area contributed by atoms with Crippen LogP contribution < -0.4 is 0 Å². The summed E-state index contributed by atoms with van der Waals surface area (Å²) in [6, 6.07) is 6.55. The van der Waals surface area contributed by atoms with Crippen LogP contribution in [0.5, 0.6) is 0 Å². The molecular weight excluding hydrogens is 257 g/mol. The Balaban J connectivity index is 2.11. The second-order valence-electron chi connectivity index (χ2n) is 3.79. The van der Waals surface area contributed by atoms with Crippen LogP contribution in [0.15, 0.2) is 18.2 Å². The predicted molar refractivity (Wildman–Crippen MR) is 65.9 cm³/mol. The summed E-state index contributed by atoms with van der Waals surface area (Å²) in [6.07, 6.45) is 0. The van der Waals surface area contributed by atoms with Gasteiger partial charge in [-0.05, 0) is 18.2 Å². The van der Waals surface area contributed by atoms with Crippen LogP contribution in [0.1, 0.15) is 10.4 Å². The normalized spacial score (nSPS) is 14.9. The van der Waals surface area contributed by atoms with Crippen molar-refractivity contribution in [1.29, 1.82) is 0 Å². The van der Waals surface area contributed by atoms with Gasteiger partial charge in [-0.1, -0.05) is 11.6 Å². The van der Waals surface area contributed by atoms with Crippen LogP contribution in [-0.4, -0.2) is 37.0 Å². The van der Waals surface area contributed by atoms with Gasteiger partial charge in [-0.25, -0.2) is 4.39 Å². The first kappa shape index (κ1) is 12.9. The van der Waals surface area contributed by atoms with Crippen molar-refractivity contribution in [2.75, 3.05) is 26.3 Å². The van der Waals surface area contributed by atoms with Gasteiger partial charge in [0.1, 0.15) is 5.82 Å². The minimum atomic E-state index is -0.610. The summed E-state index contributed by atoms with van der Waals surface area (Å²) in [7, 11) is 0. The van der Waals surface area contributed by atoms with Crippen LogP contribution in [0.2, 0.25) is 5.02 Å². The lowest BCUT2D eigenvalue weighted by Gasteiger charge is -2.22. The van der Waals surface area contributed by atoms with Gasteiger partial charge in [0.25, 0.3) is 0 Å². The van der Waals surface area contributed by atoms with E-state index in [1.54, 1.807) is 4.90 Å². The summed E-state index contributed by atoms with van der Waals surface area (Å²) in [5.74, 6) is 1.24. The van der Waals surface area contributed by atoms with E-state index in [1.807, 2.05) is 0 Å². The van der Waals surface area contributed by atoms with Crippen LogP contribution >= 0.6 is 11.6 Å². The highest BCUT2D eigenvalue weighted by molar-refractivity contribution is 6.31. The quantitative estimate of drug-likeness (QED) is 0.575. The number of carbonyl (C=O) groups excluding carboxylic acids is 1. The molecule has 0 amide bonds. The third-order valence-electron chi connectivity index (χ3n) is 2.51. The van der Waals surface area contributed by atoms with E-state index in [9.17, 15) is 9.18 Å². The molecule has 5 heteroatoms. The van der Waals surface area contributed by atoms with E-state index >= 15 is 0 Å². The molecule has 1 heterocycles. The number of hydrogen-bond donors (Lipinski definition) is 0. The van der Waals surface area contributed by atoms with E-state index in [0.29, 0.717) is 31.3 Å². The summed E-state index contributed by atoms with van der Waals surface area (Å²) < 4.78 is 18.6. The van der Waals surface area contributed by atoms with Gasteiger partial charge in [-0.2, -0.15) is 0 Å². The Morgan fingerprint density at radius 1 is 1.39 bits per heavy atom. The lowest BCUT2D eigenvalue weighted by atomic mass is 10.1. The molecule has 0 radical (unpaired) electrons. The third kappa shape index (κ3) is 3.22. The monoisotopic (exact) mass is 267 g/mol. The Morgan fingerprint density at radius 3 is 2.83 bits per heavy atom. The highest BCUT2D eigenvalue weighted by atomic mass is 35.5. The first-order valence-corrected chi connectivity index (χ1v) is 5.88.